The predicted octanol–water partition coefficient (Wildman–Crippen LogP) is 1.86. The first kappa shape index (κ1) is 17.1. The Morgan fingerprint density at radius 2 is 1.77 bits per heavy atom. The van der Waals surface area contributed by atoms with E-state index in [1.165, 1.54) is 6.42 Å². The molecule has 1 heterocycles. The monoisotopic (exact) mass is 327 g/mol. The molecule has 0 aromatic heterocycles. The van der Waals surface area contributed by atoms with Gasteiger partial charge in [-0.05, 0) is 37.6 Å². The van der Waals surface area contributed by atoms with Crippen molar-refractivity contribution < 1.29 is 13.0 Å². The van der Waals surface area contributed by atoms with Crippen molar-refractivity contribution in [2.45, 2.75) is 26.3 Å². The zero-order valence-electron chi connectivity index (χ0n) is 13.2. The summed E-state index contributed by atoms with van der Waals surface area (Å²) in [6.45, 7) is 8.63. The molecule has 2 N–H and O–H groups in total. The number of nitrogens with one attached hydrogen (secondary N) is 1. The topological polar surface area (TPSA) is 72.9 Å². The van der Waals surface area contributed by atoms with E-state index in [0.29, 0.717) is 11.7 Å². The number of piperazine rings is 1. The molecule has 0 aliphatic carbocycles. The first-order valence-electron chi connectivity index (χ1n) is 7.67. The molecule has 7 heteroatoms. The van der Waals surface area contributed by atoms with Crippen molar-refractivity contribution in [1.82, 2.24) is 4.90 Å². The van der Waals surface area contributed by atoms with Crippen LogP contribution in [0.4, 0.5) is 11.4 Å². The molecule has 1 saturated heterocycles. The molecule has 22 heavy (non-hydrogen) atoms. The maximum Gasteiger partial charge on any atom is 0.283 e. The zero-order chi connectivity index (χ0) is 16.2. The summed E-state index contributed by atoms with van der Waals surface area (Å²) in [7, 11) is -4.00. The highest BCUT2D eigenvalue weighted by Gasteiger charge is 2.20. The van der Waals surface area contributed by atoms with Gasteiger partial charge in [0, 0.05) is 43.6 Å². The SMILES string of the molecule is CCC(C)N1CCN(c2ccc(NCS(=O)(=O)O)cc2)CC1. The molecule has 1 aromatic carbocycles. The average molecular weight is 327 g/mol. The lowest BCUT2D eigenvalue weighted by Gasteiger charge is -2.39. The van der Waals surface area contributed by atoms with Gasteiger partial charge < -0.3 is 10.2 Å². The largest absolute Gasteiger partial charge is 0.370 e. The molecule has 0 spiro atoms. The van der Waals surface area contributed by atoms with E-state index >= 15 is 0 Å². The number of benzene rings is 1. The predicted molar refractivity (Wildman–Crippen MR) is 90.0 cm³/mol. The standard InChI is InChI=1S/C15H25N3O3S/c1-3-13(2)17-8-10-18(11-9-17)15-6-4-14(5-7-15)16-12-22(19,20)21/h4-7,13,16H,3,8-12H2,1-2H3,(H,19,20,21). The third-order valence-electron chi connectivity index (χ3n) is 4.22. The van der Waals surface area contributed by atoms with Crippen molar-refractivity contribution in [2.24, 2.45) is 0 Å². The zero-order valence-corrected chi connectivity index (χ0v) is 14.0. The summed E-state index contributed by atoms with van der Waals surface area (Å²) in [5.41, 5.74) is 1.82. The summed E-state index contributed by atoms with van der Waals surface area (Å²) in [5.74, 6) is -0.472. The van der Waals surface area contributed by atoms with Gasteiger partial charge in [0.05, 0.1) is 0 Å². The van der Waals surface area contributed by atoms with E-state index in [4.69, 9.17) is 4.55 Å². The van der Waals surface area contributed by atoms with Crippen LogP contribution in [0.15, 0.2) is 24.3 Å². The van der Waals surface area contributed by atoms with Crippen molar-refractivity contribution in [3.05, 3.63) is 24.3 Å². The van der Waals surface area contributed by atoms with Gasteiger partial charge in [-0.25, -0.2) is 0 Å². The normalized spacial score (nSPS) is 18.2. The number of hydrogen-bond donors (Lipinski definition) is 2. The van der Waals surface area contributed by atoms with Gasteiger partial charge in [0.25, 0.3) is 10.1 Å². The Balaban J connectivity index is 1.89. The third kappa shape index (κ3) is 4.86. The average Bonchev–Trinajstić information content (AvgIpc) is 2.52. The maximum absolute atomic E-state index is 10.7. The summed E-state index contributed by atoms with van der Waals surface area (Å²) in [6.07, 6.45) is 1.17. The Kier molecular flexibility index (Phi) is 5.66. The third-order valence-corrected chi connectivity index (χ3v) is 4.73. The van der Waals surface area contributed by atoms with Gasteiger partial charge in [-0.2, -0.15) is 8.42 Å². The van der Waals surface area contributed by atoms with Crippen LogP contribution in [0.5, 0.6) is 0 Å². The molecule has 1 atom stereocenters. The molecular formula is C15H25N3O3S. The van der Waals surface area contributed by atoms with Crippen LogP contribution in [0.3, 0.4) is 0 Å². The van der Waals surface area contributed by atoms with Gasteiger partial charge in [-0.15, -0.1) is 0 Å². The first-order valence-corrected chi connectivity index (χ1v) is 9.28. The van der Waals surface area contributed by atoms with Crippen LogP contribution in [0, 0.1) is 0 Å². The lowest BCUT2D eigenvalue weighted by Crippen LogP contribution is -2.49. The molecule has 1 aliphatic rings. The molecule has 0 radical (unpaired) electrons. The first-order chi connectivity index (χ1) is 10.4. The fraction of sp³-hybridized carbons (Fsp3) is 0.600. The minimum atomic E-state index is -4.00. The molecule has 1 aromatic rings. The Hall–Kier alpha value is -1.31. The number of anilines is 2. The maximum atomic E-state index is 10.7. The fourth-order valence-electron chi connectivity index (χ4n) is 2.64. The van der Waals surface area contributed by atoms with Crippen molar-refractivity contribution >= 4 is 21.5 Å². The van der Waals surface area contributed by atoms with E-state index in [1.54, 1.807) is 0 Å². The second-order valence-corrected chi connectivity index (χ2v) is 7.18. The van der Waals surface area contributed by atoms with E-state index in [2.05, 4.69) is 29.0 Å². The van der Waals surface area contributed by atoms with Crippen LogP contribution in [-0.2, 0) is 10.1 Å². The van der Waals surface area contributed by atoms with Crippen molar-refractivity contribution in [3.8, 4) is 0 Å². The Bertz CT molecular complexity index is 566. The molecule has 124 valence electrons. The second kappa shape index (κ2) is 7.30. The minimum Gasteiger partial charge on any atom is -0.370 e. The Morgan fingerprint density at radius 3 is 2.27 bits per heavy atom. The van der Waals surface area contributed by atoms with Crippen LogP contribution in [-0.4, -0.2) is 56.0 Å². The highest BCUT2D eigenvalue weighted by atomic mass is 32.2. The highest BCUT2D eigenvalue weighted by Crippen LogP contribution is 2.20. The molecule has 1 unspecified atom stereocenters. The van der Waals surface area contributed by atoms with Gasteiger partial charge >= 0.3 is 0 Å². The number of rotatable bonds is 6. The van der Waals surface area contributed by atoms with Crippen LogP contribution in [0.1, 0.15) is 20.3 Å². The highest BCUT2D eigenvalue weighted by molar-refractivity contribution is 7.85. The molecule has 0 amide bonds. The van der Waals surface area contributed by atoms with E-state index in [0.717, 1.165) is 31.9 Å². The second-order valence-electron chi connectivity index (χ2n) is 5.73. The molecule has 1 fully saturated rings. The smallest absolute Gasteiger partial charge is 0.283 e. The van der Waals surface area contributed by atoms with E-state index in [-0.39, 0.29) is 0 Å². The molecule has 0 saturated carbocycles. The van der Waals surface area contributed by atoms with Gasteiger partial charge in [0.2, 0.25) is 0 Å². The molecule has 1 aliphatic heterocycles. The van der Waals surface area contributed by atoms with Gasteiger partial charge in [0.1, 0.15) is 5.88 Å². The summed E-state index contributed by atoms with van der Waals surface area (Å²) < 4.78 is 30.1. The van der Waals surface area contributed by atoms with E-state index in [1.807, 2.05) is 24.3 Å². The van der Waals surface area contributed by atoms with Crippen molar-refractivity contribution in [3.63, 3.8) is 0 Å². The van der Waals surface area contributed by atoms with Crippen molar-refractivity contribution in [1.29, 1.82) is 0 Å². The summed E-state index contributed by atoms with van der Waals surface area (Å²) >= 11 is 0. The lowest BCUT2D eigenvalue weighted by molar-refractivity contribution is 0.193. The van der Waals surface area contributed by atoms with Gasteiger partial charge in [0.15, 0.2) is 0 Å². The van der Waals surface area contributed by atoms with E-state index in [9.17, 15) is 8.42 Å². The van der Waals surface area contributed by atoms with Gasteiger partial charge in [-0.1, -0.05) is 6.92 Å². The van der Waals surface area contributed by atoms with Crippen molar-refractivity contribution in [2.75, 3.05) is 42.3 Å². The van der Waals surface area contributed by atoms with Crippen LogP contribution in [0.25, 0.3) is 0 Å². The molecular weight excluding hydrogens is 302 g/mol. The minimum absolute atomic E-state index is 0.472. The van der Waals surface area contributed by atoms with E-state index < -0.39 is 16.0 Å². The summed E-state index contributed by atoms with van der Waals surface area (Å²) in [4.78, 5) is 4.85. The molecule has 2 rings (SSSR count). The van der Waals surface area contributed by atoms with Crippen LogP contribution < -0.4 is 10.2 Å². The Morgan fingerprint density at radius 1 is 1.18 bits per heavy atom. The summed E-state index contributed by atoms with van der Waals surface area (Å²) in [5, 5.41) is 2.68. The quantitative estimate of drug-likeness (QED) is 0.777. The molecule has 0 bridgehead atoms. The fourth-order valence-corrected chi connectivity index (χ4v) is 2.99. The Labute approximate surface area is 132 Å². The van der Waals surface area contributed by atoms with Gasteiger partial charge in [-0.3, -0.25) is 9.45 Å². The number of hydrogen-bond acceptors (Lipinski definition) is 5. The lowest BCUT2D eigenvalue weighted by atomic mass is 10.1. The summed E-state index contributed by atoms with van der Waals surface area (Å²) in [6, 6.07) is 8.26. The van der Waals surface area contributed by atoms with Crippen LogP contribution >= 0.6 is 0 Å². The molecule has 6 nitrogen and oxygen atoms in total. The van der Waals surface area contributed by atoms with Crippen LogP contribution in [0.2, 0.25) is 0 Å². The number of nitrogens with zero attached hydrogens (tertiary/aromatic N) is 2.